The highest BCUT2D eigenvalue weighted by Gasteiger charge is 2.31. The molecular weight excluding hydrogens is 484 g/mol. The van der Waals surface area contributed by atoms with Crippen molar-refractivity contribution in [2.45, 2.75) is 37.2 Å². The number of aromatic nitrogens is 7. The number of hydrogen-bond acceptors (Lipinski definition) is 12. The summed E-state index contributed by atoms with van der Waals surface area (Å²) in [7, 11) is 4.66. The Kier molecular flexibility index (Phi) is 7.98. The number of hydrogen-bond donors (Lipinski definition) is 1. The predicted molar refractivity (Wildman–Crippen MR) is 125 cm³/mol. The van der Waals surface area contributed by atoms with Gasteiger partial charge in [-0.2, -0.15) is 9.97 Å². The Morgan fingerprint density at radius 1 is 1.12 bits per heavy atom. The zero-order chi connectivity index (χ0) is 24.1. The van der Waals surface area contributed by atoms with Crippen LogP contribution in [0.5, 0.6) is 11.8 Å². The van der Waals surface area contributed by atoms with Gasteiger partial charge in [0.05, 0.1) is 24.5 Å². The normalized spacial score (nSPS) is 17.4. The SMILES string of the molecule is COc1ncnc(OC)c1-n1c(NSC(C)[C@H](OC)c2ncc(Cl)cn2)nnc1C1CCCO1. The Morgan fingerprint density at radius 3 is 2.41 bits per heavy atom. The Hall–Kier alpha value is -2.74. The Morgan fingerprint density at radius 2 is 1.82 bits per heavy atom. The molecule has 2 unspecified atom stereocenters. The van der Waals surface area contributed by atoms with Crippen molar-refractivity contribution in [3.63, 3.8) is 0 Å². The minimum absolute atomic E-state index is 0.113. The first kappa shape index (κ1) is 24.4. The van der Waals surface area contributed by atoms with Crippen LogP contribution in [0.1, 0.15) is 43.6 Å². The van der Waals surface area contributed by atoms with Crippen molar-refractivity contribution in [1.29, 1.82) is 0 Å². The Bertz CT molecular complexity index is 1070. The molecule has 0 bridgehead atoms. The van der Waals surface area contributed by atoms with Gasteiger partial charge >= 0.3 is 0 Å². The van der Waals surface area contributed by atoms with E-state index in [1.54, 1.807) is 24.1 Å². The van der Waals surface area contributed by atoms with Crippen molar-refractivity contribution in [3.8, 4) is 17.4 Å². The molecule has 34 heavy (non-hydrogen) atoms. The summed E-state index contributed by atoms with van der Waals surface area (Å²) in [6.45, 7) is 2.64. The van der Waals surface area contributed by atoms with Gasteiger partial charge in [-0.15, -0.1) is 10.2 Å². The number of methoxy groups -OCH3 is 3. The van der Waals surface area contributed by atoms with E-state index in [1.165, 1.54) is 32.5 Å². The summed E-state index contributed by atoms with van der Waals surface area (Å²) in [6, 6.07) is 0. The number of halogens is 1. The fraction of sp³-hybridized carbons (Fsp3) is 0.500. The number of anilines is 1. The van der Waals surface area contributed by atoms with Crippen LogP contribution < -0.4 is 14.2 Å². The maximum absolute atomic E-state index is 5.92. The summed E-state index contributed by atoms with van der Waals surface area (Å²) in [5.41, 5.74) is 0.475. The van der Waals surface area contributed by atoms with Gasteiger partial charge in [-0.3, -0.25) is 9.29 Å². The molecule has 4 heterocycles. The van der Waals surface area contributed by atoms with Gasteiger partial charge in [0, 0.05) is 26.1 Å². The second kappa shape index (κ2) is 11.1. The summed E-state index contributed by atoms with van der Waals surface area (Å²) in [5.74, 6) is 2.19. The standard InChI is InChI=1S/C20H25ClN8O4S/c1-11(15(30-2)16-22-8-12(21)9-23-16)34-28-20-27-26-17(13-6-5-7-33-13)29(20)14-18(31-3)24-10-25-19(14)32-4/h8-11,13,15H,5-7H2,1-4H3,(H,27,28)/t11?,13?,15-/m0/s1. The van der Waals surface area contributed by atoms with Crippen molar-refractivity contribution in [2.24, 2.45) is 0 Å². The van der Waals surface area contributed by atoms with E-state index in [0.29, 0.717) is 46.7 Å². The molecule has 3 aromatic rings. The van der Waals surface area contributed by atoms with Crippen LogP contribution in [0, 0.1) is 0 Å². The molecule has 3 atom stereocenters. The Balaban J connectivity index is 1.66. The quantitative estimate of drug-likeness (QED) is 0.403. The molecule has 3 aromatic heterocycles. The lowest BCUT2D eigenvalue weighted by atomic mass is 10.2. The number of nitrogens with one attached hydrogen (secondary N) is 1. The van der Waals surface area contributed by atoms with E-state index in [2.05, 4.69) is 34.9 Å². The first-order chi connectivity index (χ1) is 16.6. The number of rotatable bonds is 10. The van der Waals surface area contributed by atoms with E-state index in [4.69, 9.17) is 30.5 Å². The highest BCUT2D eigenvalue weighted by atomic mass is 35.5. The van der Waals surface area contributed by atoms with Crippen LogP contribution in [0.2, 0.25) is 5.02 Å². The molecule has 1 N–H and O–H groups in total. The lowest BCUT2D eigenvalue weighted by molar-refractivity contribution is 0.0972. The molecule has 0 aliphatic carbocycles. The Labute approximate surface area is 205 Å². The molecule has 1 fully saturated rings. The van der Waals surface area contributed by atoms with E-state index in [9.17, 15) is 0 Å². The predicted octanol–water partition coefficient (Wildman–Crippen LogP) is 3.21. The first-order valence-corrected chi connectivity index (χ1v) is 11.7. The molecule has 0 amide bonds. The van der Waals surface area contributed by atoms with Gasteiger partial charge < -0.3 is 18.9 Å². The molecule has 1 aliphatic heterocycles. The average Bonchev–Trinajstić information content (AvgIpc) is 3.53. The van der Waals surface area contributed by atoms with Crippen molar-refractivity contribution >= 4 is 29.5 Å². The van der Waals surface area contributed by atoms with Crippen LogP contribution in [-0.4, -0.2) is 67.9 Å². The van der Waals surface area contributed by atoms with Crippen LogP contribution in [0.25, 0.3) is 5.69 Å². The van der Waals surface area contributed by atoms with E-state index in [1.807, 2.05) is 6.92 Å². The molecule has 1 saturated heterocycles. The van der Waals surface area contributed by atoms with Gasteiger partial charge in [0.25, 0.3) is 0 Å². The molecule has 0 saturated carbocycles. The molecule has 0 spiro atoms. The molecule has 0 radical (unpaired) electrons. The van der Waals surface area contributed by atoms with Crippen LogP contribution in [0.4, 0.5) is 5.95 Å². The molecule has 1 aliphatic rings. The zero-order valence-electron chi connectivity index (χ0n) is 19.1. The van der Waals surface area contributed by atoms with Gasteiger partial charge in [-0.1, -0.05) is 11.6 Å². The van der Waals surface area contributed by atoms with Gasteiger partial charge in [0.15, 0.2) is 17.3 Å². The maximum Gasteiger partial charge on any atom is 0.245 e. The summed E-state index contributed by atoms with van der Waals surface area (Å²) in [4.78, 5) is 17.1. The van der Waals surface area contributed by atoms with E-state index in [-0.39, 0.29) is 11.4 Å². The average molecular weight is 509 g/mol. The van der Waals surface area contributed by atoms with Gasteiger partial charge in [0.1, 0.15) is 18.5 Å². The minimum atomic E-state index is -0.395. The van der Waals surface area contributed by atoms with Gasteiger partial charge in [-0.25, -0.2) is 9.97 Å². The molecule has 4 rings (SSSR count). The van der Waals surface area contributed by atoms with Crippen LogP contribution in [-0.2, 0) is 9.47 Å². The fourth-order valence-corrected chi connectivity index (χ4v) is 4.47. The largest absolute Gasteiger partial charge is 0.479 e. The number of ether oxygens (including phenoxy) is 4. The van der Waals surface area contributed by atoms with Crippen molar-refractivity contribution in [2.75, 3.05) is 32.7 Å². The zero-order valence-corrected chi connectivity index (χ0v) is 20.7. The molecule has 0 aromatic carbocycles. The first-order valence-electron chi connectivity index (χ1n) is 10.5. The second-order valence-electron chi connectivity index (χ2n) is 7.30. The third-order valence-corrected chi connectivity index (χ3v) is 6.30. The van der Waals surface area contributed by atoms with E-state index >= 15 is 0 Å². The molecule has 12 nitrogen and oxygen atoms in total. The molecule has 14 heteroatoms. The third-order valence-electron chi connectivity index (χ3n) is 5.18. The maximum atomic E-state index is 5.92. The lowest BCUT2D eigenvalue weighted by Gasteiger charge is -2.22. The lowest BCUT2D eigenvalue weighted by Crippen LogP contribution is -2.19. The van der Waals surface area contributed by atoms with Crippen LogP contribution >= 0.6 is 23.5 Å². The minimum Gasteiger partial charge on any atom is -0.479 e. The second-order valence-corrected chi connectivity index (χ2v) is 8.92. The molecular formula is C20H25ClN8O4S. The topological polar surface area (TPSA) is 131 Å². The van der Waals surface area contributed by atoms with Gasteiger partial charge in [0.2, 0.25) is 17.7 Å². The highest BCUT2D eigenvalue weighted by molar-refractivity contribution is 8.01. The number of nitrogens with zero attached hydrogens (tertiary/aromatic N) is 7. The van der Waals surface area contributed by atoms with Gasteiger partial charge in [-0.05, 0) is 31.7 Å². The van der Waals surface area contributed by atoms with Crippen LogP contribution in [0.15, 0.2) is 18.7 Å². The smallest absolute Gasteiger partial charge is 0.245 e. The highest BCUT2D eigenvalue weighted by Crippen LogP contribution is 2.38. The van der Waals surface area contributed by atoms with Crippen molar-refractivity contribution in [3.05, 3.63) is 35.4 Å². The summed E-state index contributed by atoms with van der Waals surface area (Å²) in [5, 5.41) is 9.13. The van der Waals surface area contributed by atoms with Crippen LogP contribution in [0.3, 0.4) is 0 Å². The third kappa shape index (κ3) is 5.02. The summed E-state index contributed by atoms with van der Waals surface area (Å²) in [6.07, 6.45) is 5.58. The van der Waals surface area contributed by atoms with Crippen molar-refractivity contribution in [1.82, 2.24) is 34.7 Å². The van der Waals surface area contributed by atoms with E-state index < -0.39 is 6.10 Å². The summed E-state index contributed by atoms with van der Waals surface area (Å²) >= 11 is 7.30. The fourth-order valence-electron chi connectivity index (χ4n) is 3.59. The molecule has 182 valence electrons. The summed E-state index contributed by atoms with van der Waals surface area (Å²) < 4.78 is 27.6. The van der Waals surface area contributed by atoms with Crippen molar-refractivity contribution < 1.29 is 18.9 Å². The monoisotopic (exact) mass is 508 g/mol. The van der Waals surface area contributed by atoms with E-state index in [0.717, 1.165) is 12.8 Å².